The summed E-state index contributed by atoms with van der Waals surface area (Å²) in [6.07, 6.45) is 0.0855. The van der Waals surface area contributed by atoms with Crippen molar-refractivity contribution in [1.29, 1.82) is 0 Å². The van der Waals surface area contributed by atoms with Crippen LogP contribution in [0, 0.1) is 5.92 Å². The first-order valence-electron chi connectivity index (χ1n) is 6.90. The minimum absolute atomic E-state index is 0.219. The molecule has 0 amide bonds. The van der Waals surface area contributed by atoms with Crippen LogP contribution in [0.2, 0.25) is 0 Å². The largest absolute Gasteiger partial charge is 0.461 e. The standard InChI is InChI=1S/C15H22O5/c1-10(13(16)20-15(2,3)4)9-11-5-6-12(19-11)14-17-7-8-18-14/h5-6,10,14H,7-9H2,1-4H3. The third-order valence-corrected chi connectivity index (χ3v) is 2.85. The summed E-state index contributed by atoms with van der Waals surface area (Å²) in [7, 11) is 0. The van der Waals surface area contributed by atoms with Gasteiger partial charge < -0.3 is 18.6 Å². The molecule has 2 rings (SSSR count). The van der Waals surface area contributed by atoms with E-state index in [1.807, 2.05) is 39.8 Å². The number of carbonyl (C=O) groups excluding carboxylic acids is 1. The average molecular weight is 282 g/mol. The van der Waals surface area contributed by atoms with Gasteiger partial charge in [0.1, 0.15) is 11.4 Å². The Morgan fingerprint density at radius 3 is 2.60 bits per heavy atom. The molecule has 0 aliphatic carbocycles. The quantitative estimate of drug-likeness (QED) is 0.795. The van der Waals surface area contributed by atoms with Crippen LogP contribution in [0.15, 0.2) is 16.5 Å². The Hall–Kier alpha value is -1.33. The third kappa shape index (κ3) is 4.08. The lowest BCUT2D eigenvalue weighted by Crippen LogP contribution is -2.28. The summed E-state index contributed by atoms with van der Waals surface area (Å²) in [5.74, 6) is 0.911. The number of hydrogen-bond donors (Lipinski definition) is 0. The van der Waals surface area contributed by atoms with Gasteiger partial charge in [0, 0.05) is 6.42 Å². The van der Waals surface area contributed by atoms with E-state index in [-0.39, 0.29) is 11.9 Å². The monoisotopic (exact) mass is 282 g/mol. The fourth-order valence-corrected chi connectivity index (χ4v) is 1.94. The van der Waals surface area contributed by atoms with Crippen LogP contribution in [0.5, 0.6) is 0 Å². The molecule has 0 aromatic carbocycles. The Morgan fingerprint density at radius 1 is 1.35 bits per heavy atom. The summed E-state index contributed by atoms with van der Waals surface area (Å²) >= 11 is 0. The van der Waals surface area contributed by atoms with Crippen molar-refractivity contribution in [2.24, 2.45) is 5.92 Å². The minimum atomic E-state index is -0.467. The molecule has 0 radical (unpaired) electrons. The highest BCUT2D eigenvalue weighted by Gasteiger charge is 2.25. The van der Waals surface area contributed by atoms with Crippen molar-refractivity contribution in [3.05, 3.63) is 23.7 Å². The van der Waals surface area contributed by atoms with Crippen molar-refractivity contribution in [3.63, 3.8) is 0 Å². The van der Waals surface area contributed by atoms with E-state index in [4.69, 9.17) is 18.6 Å². The van der Waals surface area contributed by atoms with E-state index in [1.165, 1.54) is 0 Å². The maximum Gasteiger partial charge on any atom is 0.309 e. The number of carbonyl (C=O) groups is 1. The zero-order chi connectivity index (χ0) is 14.8. The molecule has 112 valence electrons. The third-order valence-electron chi connectivity index (χ3n) is 2.85. The van der Waals surface area contributed by atoms with Gasteiger partial charge in [0.05, 0.1) is 19.1 Å². The van der Waals surface area contributed by atoms with Crippen molar-refractivity contribution < 1.29 is 23.4 Å². The molecule has 20 heavy (non-hydrogen) atoms. The predicted octanol–water partition coefficient (Wildman–Crippen LogP) is 2.85. The van der Waals surface area contributed by atoms with Crippen LogP contribution in [0.1, 0.15) is 45.5 Å². The molecule has 0 bridgehead atoms. The second kappa shape index (κ2) is 5.97. The number of hydrogen-bond acceptors (Lipinski definition) is 5. The molecule has 2 heterocycles. The second-order valence-corrected chi connectivity index (χ2v) is 6.02. The molecule has 1 aromatic rings. The Labute approximate surface area is 119 Å². The van der Waals surface area contributed by atoms with Gasteiger partial charge >= 0.3 is 5.97 Å². The maximum absolute atomic E-state index is 11.9. The van der Waals surface area contributed by atoms with Gasteiger partial charge in [0.15, 0.2) is 5.76 Å². The van der Waals surface area contributed by atoms with E-state index < -0.39 is 11.9 Å². The van der Waals surface area contributed by atoms with E-state index >= 15 is 0 Å². The van der Waals surface area contributed by atoms with Gasteiger partial charge in [-0.15, -0.1) is 0 Å². The molecule has 5 heteroatoms. The summed E-state index contributed by atoms with van der Waals surface area (Å²) in [6, 6.07) is 3.67. The van der Waals surface area contributed by atoms with Crippen molar-refractivity contribution >= 4 is 5.97 Å². The predicted molar refractivity (Wildman–Crippen MR) is 72.1 cm³/mol. The lowest BCUT2D eigenvalue weighted by atomic mass is 10.1. The van der Waals surface area contributed by atoms with Gasteiger partial charge in [-0.25, -0.2) is 0 Å². The van der Waals surface area contributed by atoms with E-state index in [0.717, 1.165) is 5.76 Å². The molecule has 1 unspecified atom stereocenters. The Kier molecular flexibility index (Phi) is 4.50. The van der Waals surface area contributed by atoms with Crippen molar-refractivity contribution in [1.82, 2.24) is 0 Å². The maximum atomic E-state index is 11.9. The number of esters is 1. The fraction of sp³-hybridized carbons (Fsp3) is 0.667. The van der Waals surface area contributed by atoms with Crippen LogP contribution in [-0.2, 0) is 25.4 Å². The van der Waals surface area contributed by atoms with E-state index in [9.17, 15) is 4.79 Å². The molecule has 1 atom stereocenters. The zero-order valence-electron chi connectivity index (χ0n) is 12.5. The highest BCUT2D eigenvalue weighted by atomic mass is 16.7. The molecule has 1 fully saturated rings. The molecule has 1 aliphatic rings. The SMILES string of the molecule is CC(Cc1ccc(C2OCCO2)o1)C(=O)OC(C)(C)C. The number of furan rings is 1. The van der Waals surface area contributed by atoms with Gasteiger partial charge in [0.25, 0.3) is 0 Å². The topological polar surface area (TPSA) is 57.9 Å². The molecule has 1 saturated heterocycles. The van der Waals surface area contributed by atoms with E-state index in [1.54, 1.807) is 0 Å². The molecule has 0 spiro atoms. The lowest BCUT2D eigenvalue weighted by Gasteiger charge is -2.21. The fourth-order valence-electron chi connectivity index (χ4n) is 1.94. The first-order valence-corrected chi connectivity index (χ1v) is 6.90. The van der Waals surface area contributed by atoms with Crippen molar-refractivity contribution in [2.45, 2.75) is 46.0 Å². The molecular formula is C15H22O5. The molecule has 0 N–H and O–H groups in total. The van der Waals surface area contributed by atoms with Gasteiger partial charge in [-0.05, 0) is 32.9 Å². The van der Waals surface area contributed by atoms with Crippen LogP contribution in [-0.4, -0.2) is 24.8 Å². The Morgan fingerprint density at radius 2 is 2.00 bits per heavy atom. The van der Waals surface area contributed by atoms with E-state index in [0.29, 0.717) is 25.4 Å². The highest BCUT2D eigenvalue weighted by molar-refractivity contribution is 5.72. The molecule has 1 aliphatic heterocycles. The molecule has 5 nitrogen and oxygen atoms in total. The lowest BCUT2D eigenvalue weighted by molar-refractivity contribution is -0.159. The number of ether oxygens (including phenoxy) is 3. The van der Waals surface area contributed by atoms with Gasteiger partial charge in [-0.1, -0.05) is 6.92 Å². The van der Waals surface area contributed by atoms with Gasteiger partial charge in [0.2, 0.25) is 6.29 Å². The van der Waals surface area contributed by atoms with Crippen molar-refractivity contribution in [3.8, 4) is 0 Å². The Balaban J connectivity index is 1.91. The second-order valence-electron chi connectivity index (χ2n) is 6.02. The Bertz CT molecular complexity index is 451. The number of rotatable bonds is 4. The first kappa shape index (κ1) is 15.1. The molecule has 1 aromatic heterocycles. The van der Waals surface area contributed by atoms with Crippen LogP contribution in [0.25, 0.3) is 0 Å². The zero-order valence-corrected chi connectivity index (χ0v) is 12.5. The van der Waals surface area contributed by atoms with Crippen LogP contribution in [0.4, 0.5) is 0 Å². The summed E-state index contributed by atoms with van der Waals surface area (Å²) in [5, 5.41) is 0. The van der Waals surface area contributed by atoms with Crippen LogP contribution >= 0.6 is 0 Å². The van der Waals surface area contributed by atoms with Crippen molar-refractivity contribution in [2.75, 3.05) is 13.2 Å². The van der Waals surface area contributed by atoms with Crippen LogP contribution < -0.4 is 0 Å². The average Bonchev–Trinajstić information content (AvgIpc) is 2.95. The molecule has 0 saturated carbocycles. The highest BCUT2D eigenvalue weighted by Crippen LogP contribution is 2.26. The van der Waals surface area contributed by atoms with Gasteiger partial charge in [-0.2, -0.15) is 0 Å². The normalized spacial score (nSPS) is 18.2. The summed E-state index contributed by atoms with van der Waals surface area (Å²) in [4.78, 5) is 11.9. The van der Waals surface area contributed by atoms with Gasteiger partial charge in [-0.3, -0.25) is 4.79 Å². The first-order chi connectivity index (χ1) is 9.35. The molecular weight excluding hydrogens is 260 g/mol. The smallest absolute Gasteiger partial charge is 0.309 e. The summed E-state index contributed by atoms with van der Waals surface area (Å²) in [6.45, 7) is 8.56. The van der Waals surface area contributed by atoms with E-state index in [2.05, 4.69) is 0 Å². The minimum Gasteiger partial charge on any atom is -0.461 e. The van der Waals surface area contributed by atoms with Crippen LogP contribution in [0.3, 0.4) is 0 Å². The summed E-state index contributed by atoms with van der Waals surface area (Å²) in [5.41, 5.74) is -0.467. The summed E-state index contributed by atoms with van der Waals surface area (Å²) < 4.78 is 21.7.